The van der Waals surface area contributed by atoms with Crippen LogP contribution < -0.4 is 10.6 Å². The van der Waals surface area contributed by atoms with E-state index in [9.17, 15) is 0 Å². The molecule has 0 aliphatic rings. The molecule has 1 aromatic rings. The topological polar surface area (TPSA) is 24.1 Å². The van der Waals surface area contributed by atoms with Crippen LogP contribution in [0.4, 0.5) is 0 Å². The highest BCUT2D eigenvalue weighted by atomic mass is 35.5. The molecule has 0 aliphatic heterocycles. The molecule has 2 N–H and O–H groups in total. The van der Waals surface area contributed by atoms with Gasteiger partial charge in [0, 0.05) is 18.1 Å². The van der Waals surface area contributed by atoms with Gasteiger partial charge >= 0.3 is 0 Å². The van der Waals surface area contributed by atoms with E-state index < -0.39 is 0 Å². The summed E-state index contributed by atoms with van der Waals surface area (Å²) in [5.41, 5.74) is 1.29. The molecule has 0 radical (unpaired) electrons. The monoisotopic (exact) mass is 254 g/mol. The minimum Gasteiger partial charge on any atom is -0.315 e. The maximum atomic E-state index is 5.93. The van der Waals surface area contributed by atoms with E-state index in [1.54, 1.807) is 0 Å². The van der Waals surface area contributed by atoms with Crippen molar-refractivity contribution in [3.63, 3.8) is 0 Å². The summed E-state index contributed by atoms with van der Waals surface area (Å²) in [5, 5.41) is 7.65. The van der Waals surface area contributed by atoms with Gasteiger partial charge in [-0.15, -0.1) is 0 Å². The lowest BCUT2D eigenvalue weighted by molar-refractivity contribution is 0.536. The fourth-order valence-corrected chi connectivity index (χ4v) is 1.83. The molecule has 0 bridgehead atoms. The Balaban J connectivity index is 2.01. The number of benzene rings is 1. The first-order valence-electron chi connectivity index (χ1n) is 6.34. The van der Waals surface area contributed by atoms with E-state index in [1.165, 1.54) is 5.56 Å². The van der Waals surface area contributed by atoms with Crippen LogP contribution >= 0.6 is 11.6 Å². The van der Waals surface area contributed by atoms with Crippen molar-refractivity contribution in [1.82, 2.24) is 10.6 Å². The molecule has 0 saturated carbocycles. The smallest absolute Gasteiger partial charge is 0.0408 e. The van der Waals surface area contributed by atoms with E-state index in [0.717, 1.165) is 43.5 Å². The summed E-state index contributed by atoms with van der Waals surface area (Å²) in [7, 11) is 0. The van der Waals surface area contributed by atoms with E-state index in [1.807, 2.05) is 18.2 Å². The Morgan fingerprint density at radius 2 is 1.88 bits per heavy atom. The Morgan fingerprint density at radius 3 is 2.59 bits per heavy atom. The molecule has 0 aromatic heterocycles. The second-order valence-corrected chi connectivity index (χ2v) is 5.16. The maximum Gasteiger partial charge on any atom is 0.0408 e. The van der Waals surface area contributed by atoms with Crippen LogP contribution in [0.3, 0.4) is 0 Å². The first-order valence-corrected chi connectivity index (χ1v) is 6.72. The van der Waals surface area contributed by atoms with Gasteiger partial charge in [0.15, 0.2) is 0 Å². The summed E-state index contributed by atoms with van der Waals surface area (Å²) in [6.45, 7) is 8.60. The predicted molar refractivity (Wildman–Crippen MR) is 75.7 cm³/mol. The van der Waals surface area contributed by atoms with Crippen molar-refractivity contribution in [2.45, 2.75) is 20.3 Å². The van der Waals surface area contributed by atoms with Gasteiger partial charge in [0.25, 0.3) is 0 Å². The molecular formula is C14H23ClN2. The number of rotatable bonds is 8. The Morgan fingerprint density at radius 1 is 1.12 bits per heavy atom. The van der Waals surface area contributed by atoms with E-state index in [4.69, 9.17) is 11.6 Å². The molecule has 0 fully saturated rings. The summed E-state index contributed by atoms with van der Waals surface area (Å²) in [4.78, 5) is 0. The zero-order chi connectivity index (χ0) is 12.5. The van der Waals surface area contributed by atoms with Gasteiger partial charge < -0.3 is 10.6 Å². The van der Waals surface area contributed by atoms with Crippen LogP contribution in [0.1, 0.15) is 19.4 Å². The number of nitrogens with one attached hydrogen (secondary N) is 2. The average molecular weight is 255 g/mol. The molecule has 1 rings (SSSR count). The van der Waals surface area contributed by atoms with Gasteiger partial charge in [-0.05, 0) is 43.1 Å². The van der Waals surface area contributed by atoms with Crippen LogP contribution in [0.2, 0.25) is 5.02 Å². The van der Waals surface area contributed by atoms with Crippen molar-refractivity contribution in [2.24, 2.45) is 5.92 Å². The lowest BCUT2D eigenvalue weighted by atomic mass is 10.1. The Kier molecular flexibility index (Phi) is 7.25. The van der Waals surface area contributed by atoms with Crippen LogP contribution in [0.25, 0.3) is 0 Å². The van der Waals surface area contributed by atoms with Crippen LogP contribution in [-0.4, -0.2) is 26.2 Å². The molecule has 2 nitrogen and oxygen atoms in total. The lowest BCUT2D eigenvalue weighted by Gasteiger charge is -2.08. The van der Waals surface area contributed by atoms with Crippen LogP contribution in [0, 0.1) is 5.92 Å². The second-order valence-electron chi connectivity index (χ2n) is 4.73. The summed E-state index contributed by atoms with van der Waals surface area (Å²) >= 11 is 5.93. The van der Waals surface area contributed by atoms with Gasteiger partial charge in [-0.25, -0.2) is 0 Å². The Bertz CT molecular complexity index is 313. The highest BCUT2D eigenvalue weighted by Crippen LogP contribution is 2.10. The van der Waals surface area contributed by atoms with Crippen molar-refractivity contribution in [3.8, 4) is 0 Å². The summed E-state index contributed by atoms with van der Waals surface area (Å²) in [5.74, 6) is 0.724. The van der Waals surface area contributed by atoms with E-state index in [0.29, 0.717) is 0 Å². The third kappa shape index (κ3) is 7.37. The van der Waals surface area contributed by atoms with Crippen molar-refractivity contribution >= 4 is 11.6 Å². The molecule has 1 aromatic carbocycles. The van der Waals surface area contributed by atoms with Gasteiger partial charge in [-0.2, -0.15) is 0 Å². The van der Waals surface area contributed by atoms with Crippen molar-refractivity contribution in [2.75, 3.05) is 26.2 Å². The minimum absolute atomic E-state index is 0.724. The largest absolute Gasteiger partial charge is 0.315 e. The molecular weight excluding hydrogens is 232 g/mol. The molecule has 0 aliphatic carbocycles. The normalized spacial score (nSPS) is 11.1. The molecule has 0 amide bonds. The van der Waals surface area contributed by atoms with Crippen molar-refractivity contribution in [3.05, 3.63) is 34.9 Å². The number of hydrogen-bond acceptors (Lipinski definition) is 2. The standard InChI is InChI=1S/C14H23ClN2/c1-12(2)11-17-9-8-16-7-6-13-4-3-5-14(15)10-13/h3-5,10,12,16-17H,6-9,11H2,1-2H3. The first kappa shape index (κ1) is 14.5. The van der Waals surface area contributed by atoms with Gasteiger partial charge in [0.2, 0.25) is 0 Å². The number of halogens is 1. The van der Waals surface area contributed by atoms with E-state index in [2.05, 4.69) is 30.5 Å². The Labute approximate surface area is 110 Å². The highest BCUT2D eigenvalue weighted by Gasteiger charge is 1.95. The van der Waals surface area contributed by atoms with Crippen molar-refractivity contribution < 1.29 is 0 Å². The lowest BCUT2D eigenvalue weighted by Crippen LogP contribution is -2.30. The third-order valence-corrected chi connectivity index (χ3v) is 2.75. The third-order valence-electron chi connectivity index (χ3n) is 2.51. The quantitative estimate of drug-likeness (QED) is 0.697. The van der Waals surface area contributed by atoms with E-state index >= 15 is 0 Å². The minimum atomic E-state index is 0.724. The summed E-state index contributed by atoms with van der Waals surface area (Å²) in [6, 6.07) is 8.06. The first-order chi connectivity index (χ1) is 8.18. The highest BCUT2D eigenvalue weighted by molar-refractivity contribution is 6.30. The van der Waals surface area contributed by atoms with Gasteiger partial charge in [-0.3, -0.25) is 0 Å². The fourth-order valence-electron chi connectivity index (χ4n) is 1.62. The zero-order valence-corrected chi connectivity index (χ0v) is 11.6. The molecule has 0 spiro atoms. The van der Waals surface area contributed by atoms with Crippen molar-refractivity contribution in [1.29, 1.82) is 0 Å². The maximum absolute atomic E-state index is 5.93. The van der Waals surface area contributed by atoms with Gasteiger partial charge in [-0.1, -0.05) is 37.6 Å². The van der Waals surface area contributed by atoms with Crippen LogP contribution in [0.5, 0.6) is 0 Å². The molecule has 0 heterocycles. The van der Waals surface area contributed by atoms with E-state index in [-0.39, 0.29) is 0 Å². The van der Waals surface area contributed by atoms with Gasteiger partial charge in [0.1, 0.15) is 0 Å². The fraction of sp³-hybridized carbons (Fsp3) is 0.571. The summed E-state index contributed by atoms with van der Waals surface area (Å²) in [6.07, 6.45) is 1.03. The van der Waals surface area contributed by atoms with Crippen LogP contribution in [-0.2, 0) is 6.42 Å². The molecule has 3 heteroatoms. The molecule has 96 valence electrons. The molecule has 0 unspecified atom stereocenters. The van der Waals surface area contributed by atoms with Gasteiger partial charge in [0.05, 0.1) is 0 Å². The predicted octanol–water partition coefficient (Wildman–Crippen LogP) is 2.72. The SMILES string of the molecule is CC(C)CNCCNCCc1cccc(Cl)c1. The molecule has 0 atom stereocenters. The zero-order valence-electron chi connectivity index (χ0n) is 10.8. The number of hydrogen-bond donors (Lipinski definition) is 2. The van der Waals surface area contributed by atoms with Crippen LogP contribution in [0.15, 0.2) is 24.3 Å². The average Bonchev–Trinajstić information content (AvgIpc) is 2.27. The second kappa shape index (κ2) is 8.51. The molecule has 17 heavy (non-hydrogen) atoms. The summed E-state index contributed by atoms with van der Waals surface area (Å²) < 4.78 is 0. The molecule has 0 saturated heterocycles. The Hall–Kier alpha value is -0.570.